The minimum Gasteiger partial charge on any atom is -0.493 e. The molecule has 0 radical (unpaired) electrons. The van der Waals surface area contributed by atoms with Crippen molar-refractivity contribution >= 4 is 22.4 Å². The highest BCUT2D eigenvalue weighted by Gasteiger charge is 2.14. The molecule has 0 amide bonds. The third-order valence-corrected chi connectivity index (χ3v) is 6.46. The molecule has 3 aromatic heterocycles. The van der Waals surface area contributed by atoms with Crippen LogP contribution in [0.1, 0.15) is 16.8 Å². The van der Waals surface area contributed by atoms with E-state index in [1.165, 1.54) is 11.3 Å². The fraction of sp³-hybridized carbons (Fsp3) is 0.200. The van der Waals surface area contributed by atoms with Gasteiger partial charge in [0.1, 0.15) is 16.7 Å². The van der Waals surface area contributed by atoms with Crippen molar-refractivity contribution in [3.05, 3.63) is 81.5 Å². The molecule has 0 N–H and O–H groups in total. The quantitative estimate of drug-likeness (QED) is 0.364. The van der Waals surface area contributed by atoms with Gasteiger partial charge in [0, 0.05) is 10.9 Å². The van der Waals surface area contributed by atoms with Gasteiger partial charge in [-0.15, -0.1) is 11.3 Å². The smallest absolute Gasteiger partial charge is 0.264 e. The largest absolute Gasteiger partial charge is 0.493 e. The van der Waals surface area contributed by atoms with Crippen LogP contribution in [0.3, 0.4) is 0 Å². The molecule has 0 saturated heterocycles. The zero-order valence-electron chi connectivity index (χ0n) is 19.3. The van der Waals surface area contributed by atoms with Gasteiger partial charge >= 0.3 is 0 Å². The number of nitrogens with zero attached hydrogens (tertiary/aromatic N) is 5. The van der Waals surface area contributed by atoms with E-state index in [4.69, 9.17) is 14.5 Å². The van der Waals surface area contributed by atoms with Crippen molar-refractivity contribution in [2.75, 3.05) is 14.2 Å². The first kappa shape index (κ1) is 21.8. The molecule has 0 aliphatic rings. The Labute approximate surface area is 200 Å². The van der Waals surface area contributed by atoms with Crippen LogP contribution in [0.5, 0.6) is 11.5 Å². The van der Waals surface area contributed by atoms with E-state index in [0.717, 1.165) is 33.1 Å². The predicted octanol–water partition coefficient (Wildman–Crippen LogP) is 4.39. The number of ether oxygens (including phenoxy) is 2. The molecule has 0 bridgehead atoms. The van der Waals surface area contributed by atoms with Crippen molar-refractivity contribution in [2.24, 2.45) is 0 Å². The molecule has 0 saturated carbocycles. The minimum absolute atomic E-state index is 0.152. The zero-order valence-corrected chi connectivity index (χ0v) is 20.1. The summed E-state index contributed by atoms with van der Waals surface area (Å²) in [5.41, 5.74) is 5.22. The predicted molar refractivity (Wildman–Crippen MR) is 132 cm³/mol. The Morgan fingerprint density at radius 3 is 2.50 bits per heavy atom. The van der Waals surface area contributed by atoms with Crippen LogP contribution in [-0.2, 0) is 6.54 Å². The number of methoxy groups -OCH3 is 2. The van der Waals surface area contributed by atoms with Crippen molar-refractivity contribution in [3.8, 4) is 27.8 Å². The number of aromatic nitrogens is 5. The van der Waals surface area contributed by atoms with Gasteiger partial charge in [0.05, 0.1) is 38.3 Å². The molecular formula is C25H23N5O3S. The van der Waals surface area contributed by atoms with Crippen LogP contribution in [0.2, 0.25) is 0 Å². The SMILES string of the molecule is COc1ccc(-c2nc(Cn3cnc4c(cnn4-c4cc(C)cc(C)c4)c3=O)cs2)cc1OC. The Morgan fingerprint density at radius 2 is 1.76 bits per heavy atom. The van der Waals surface area contributed by atoms with E-state index in [2.05, 4.69) is 16.1 Å². The van der Waals surface area contributed by atoms with Gasteiger partial charge in [-0.25, -0.2) is 14.6 Å². The number of hydrogen-bond acceptors (Lipinski definition) is 7. The third-order valence-electron chi connectivity index (χ3n) is 5.52. The number of aryl methyl sites for hydroxylation is 2. The van der Waals surface area contributed by atoms with E-state index < -0.39 is 0 Å². The van der Waals surface area contributed by atoms with Gasteiger partial charge in [0.15, 0.2) is 17.1 Å². The highest BCUT2D eigenvalue weighted by Crippen LogP contribution is 2.33. The lowest BCUT2D eigenvalue weighted by atomic mass is 10.1. The summed E-state index contributed by atoms with van der Waals surface area (Å²) in [7, 11) is 3.21. The maximum Gasteiger partial charge on any atom is 0.264 e. The maximum atomic E-state index is 13.2. The van der Waals surface area contributed by atoms with Gasteiger partial charge in [-0.05, 0) is 55.3 Å². The second-order valence-electron chi connectivity index (χ2n) is 8.03. The number of hydrogen-bond donors (Lipinski definition) is 0. The van der Waals surface area contributed by atoms with Crippen LogP contribution in [-0.4, -0.2) is 38.5 Å². The van der Waals surface area contributed by atoms with Crippen LogP contribution in [0.15, 0.2) is 59.1 Å². The first-order valence-electron chi connectivity index (χ1n) is 10.7. The number of fused-ring (bicyclic) bond motifs is 1. The van der Waals surface area contributed by atoms with Crippen LogP contribution in [0, 0.1) is 13.8 Å². The minimum atomic E-state index is -0.152. The number of rotatable bonds is 6. The molecule has 0 aliphatic heterocycles. The summed E-state index contributed by atoms with van der Waals surface area (Å²) >= 11 is 1.51. The first-order valence-corrected chi connectivity index (χ1v) is 11.5. The van der Waals surface area contributed by atoms with Crippen molar-refractivity contribution in [2.45, 2.75) is 20.4 Å². The molecule has 0 spiro atoms. The zero-order chi connectivity index (χ0) is 23.8. The lowest BCUT2D eigenvalue weighted by Gasteiger charge is -2.08. The topological polar surface area (TPSA) is 84.1 Å². The summed E-state index contributed by atoms with van der Waals surface area (Å²) in [6, 6.07) is 11.8. The third kappa shape index (κ3) is 3.94. The van der Waals surface area contributed by atoms with Gasteiger partial charge in [0.2, 0.25) is 0 Å². The molecule has 8 nitrogen and oxygen atoms in total. The molecule has 2 aromatic carbocycles. The summed E-state index contributed by atoms with van der Waals surface area (Å²) in [6.45, 7) is 4.39. The molecule has 0 fully saturated rings. The highest BCUT2D eigenvalue weighted by molar-refractivity contribution is 7.13. The van der Waals surface area contributed by atoms with E-state index in [1.54, 1.807) is 36.0 Å². The van der Waals surface area contributed by atoms with Gasteiger partial charge in [0.25, 0.3) is 5.56 Å². The Balaban J connectivity index is 1.45. The Bertz CT molecular complexity index is 1550. The summed E-state index contributed by atoms with van der Waals surface area (Å²) in [4.78, 5) is 22.4. The van der Waals surface area contributed by atoms with E-state index in [-0.39, 0.29) is 5.56 Å². The van der Waals surface area contributed by atoms with Crippen LogP contribution in [0.25, 0.3) is 27.3 Å². The molecule has 9 heteroatoms. The summed E-state index contributed by atoms with van der Waals surface area (Å²) in [5, 5.41) is 7.69. The molecular weight excluding hydrogens is 450 g/mol. The van der Waals surface area contributed by atoms with Crippen LogP contribution >= 0.6 is 11.3 Å². The standard InChI is InChI=1S/C25H23N5O3S/c1-15-7-16(2)9-19(8-15)30-23-20(11-27-30)25(31)29(14-26-23)12-18-13-34-24(28-18)17-5-6-21(32-3)22(10-17)33-4/h5-11,13-14H,12H2,1-4H3. The average Bonchev–Trinajstić information content (AvgIpc) is 3.47. The van der Waals surface area contributed by atoms with Gasteiger partial charge in [-0.3, -0.25) is 9.36 Å². The lowest BCUT2D eigenvalue weighted by Crippen LogP contribution is -2.21. The molecule has 0 atom stereocenters. The molecule has 5 rings (SSSR count). The highest BCUT2D eigenvalue weighted by atomic mass is 32.1. The summed E-state index contributed by atoms with van der Waals surface area (Å²) in [6.07, 6.45) is 3.13. The second-order valence-corrected chi connectivity index (χ2v) is 8.89. The Kier molecular flexibility index (Phi) is 5.62. The van der Waals surface area contributed by atoms with E-state index in [0.29, 0.717) is 29.1 Å². The molecule has 5 aromatic rings. The van der Waals surface area contributed by atoms with E-state index in [9.17, 15) is 4.79 Å². The Hall–Kier alpha value is -3.98. The van der Waals surface area contributed by atoms with Gasteiger partial charge in [-0.2, -0.15) is 5.10 Å². The average molecular weight is 474 g/mol. The summed E-state index contributed by atoms with van der Waals surface area (Å²) in [5.74, 6) is 1.30. The lowest BCUT2D eigenvalue weighted by molar-refractivity contribution is 0.355. The molecule has 0 unspecified atom stereocenters. The van der Waals surface area contributed by atoms with Crippen molar-refractivity contribution in [3.63, 3.8) is 0 Å². The fourth-order valence-electron chi connectivity index (χ4n) is 3.98. The van der Waals surface area contributed by atoms with Gasteiger partial charge < -0.3 is 9.47 Å². The van der Waals surface area contributed by atoms with E-state index >= 15 is 0 Å². The normalized spacial score (nSPS) is 11.2. The number of benzene rings is 2. The maximum absolute atomic E-state index is 13.2. The molecule has 0 aliphatic carbocycles. The Morgan fingerprint density at radius 1 is 1.00 bits per heavy atom. The molecule has 3 heterocycles. The summed E-state index contributed by atoms with van der Waals surface area (Å²) < 4.78 is 14.0. The van der Waals surface area contributed by atoms with Gasteiger partial charge in [-0.1, -0.05) is 6.07 Å². The van der Waals surface area contributed by atoms with Crippen LogP contribution in [0.4, 0.5) is 0 Å². The van der Waals surface area contributed by atoms with Crippen molar-refractivity contribution in [1.29, 1.82) is 0 Å². The second kappa shape index (κ2) is 8.75. The van der Waals surface area contributed by atoms with Crippen LogP contribution < -0.4 is 15.0 Å². The van der Waals surface area contributed by atoms with E-state index in [1.807, 2.05) is 49.6 Å². The molecule has 34 heavy (non-hydrogen) atoms. The van der Waals surface area contributed by atoms with Crippen molar-refractivity contribution < 1.29 is 9.47 Å². The van der Waals surface area contributed by atoms with Crippen molar-refractivity contribution in [1.82, 2.24) is 24.3 Å². The molecule has 172 valence electrons. The number of thiazole rings is 1. The first-order chi connectivity index (χ1) is 16.5. The fourth-order valence-corrected chi connectivity index (χ4v) is 4.79. The monoisotopic (exact) mass is 473 g/mol.